The molecule has 2 aromatic carbocycles. The summed E-state index contributed by atoms with van der Waals surface area (Å²) in [6.45, 7) is 7.15. The Kier molecular flexibility index (Phi) is 6.61. The number of hydrogen-bond donors (Lipinski definition) is 1. The molecule has 1 amide bonds. The van der Waals surface area contributed by atoms with Gasteiger partial charge in [0.2, 0.25) is 0 Å². The molecule has 0 aliphatic carbocycles. The van der Waals surface area contributed by atoms with E-state index in [2.05, 4.69) is 24.1 Å². The third-order valence-electron chi connectivity index (χ3n) is 6.24. The van der Waals surface area contributed by atoms with Crippen LogP contribution in [0.5, 0.6) is 5.75 Å². The van der Waals surface area contributed by atoms with E-state index in [1.807, 2.05) is 54.6 Å². The van der Waals surface area contributed by atoms with Gasteiger partial charge in [-0.1, -0.05) is 36.8 Å². The van der Waals surface area contributed by atoms with E-state index in [9.17, 15) is 4.79 Å². The first-order valence-electron chi connectivity index (χ1n) is 11.3. The lowest BCUT2D eigenvalue weighted by atomic mass is 9.98. The molecule has 1 aliphatic heterocycles. The first-order chi connectivity index (χ1) is 15.5. The highest BCUT2D eigenvalue weighted by Gasteiger charge is 2.29. The monoisotopic (exact) mass is 432 g/mol. The zero-order chi connectivity index (χ0) is 22.6. The molecule has 2 heterocycles. The van der Waals surface area contributed by atoms with Gasteiger partial charge in [0.05, 0.1) is 18.4 Å². The lowest BCUT2D eigenvalue weighted by Crippen LogP contribution is -2.53. The van der Waals surface area contributed by atoms with Crippen LogP contribution in [-0.2, 0) is 0 Å². The third-order valence-corrected chi connectivity index (χ3v) is 6.24. The molecule has 0 bridgehead atoms. The van der Waals surface area contributed by atoms with Gasteiger partial charge in [-0.2, -0.15) is 5.10 Å². The van der Waals surface area contributed by atoms with Crippen LogP contribution in [0.1, 0.15) is 43.5 Å². The predicted octanol–water partition coefficient (Wildman–Crippen LogP) is 4.54. The summed E-state index contributed by atoms with van der Waals surface area (Å²) in [5.41, 5.74) is 2.74. The van der Waals surface area contributed by atoms with Gasteiger partial charge in [0.1, 0.15) is 11.4 Å². The Morgan fingerprint density at radius 1 is 1.03 bits per heavy atom. The molecule has 1 fully saturated rings. The summed E-state index contributed by atoms with van der Waals surface area (Å²) in [6.07, 6.45) is 5.54. The second-order valence-corrected chi connectivity index (χ2v) is 8.91. The van der Waals surface area contributed by atoms with Gasteiger partial charge in [0.15, 0.2) is 0 Å². The van der Waals surface area contributed by atoms with Crippen LogP contribution in [0.3, 0.4) is 0 Å². The molecule has 1 N–H and O–H groups in total. The van der Waals surface area contributed by atoms with Crippen molar-refractivity contribution in [3.8, 4) is 22.7 Å². The van der Waals surface area contributed by atoms with E-state index in [1.165, 1.54) is 19.3 Å². The summed E-state index contributed by atoms with van der Waals surface area (Å²) in [5.74, 6) is 0.562. The first kappa shape index (κ1) is 22.1. The normalized spacial score (nSPS) is 14.8. The van der Waals surface area contributed by atoms with Gasteiger partial charge < -0.3 is 10.1 Å². The van der Waals surface area contributed by atoms with Crippen molar-refractivity contribution in [3.63, 3.8) is 0 Å². The number of ether oxygens (including phenoxy) is 1. The number of rotatable bonds is 7. The van der Waals surface area contributed by atoms with Gasteiger partial charge in [-0.3, -0.25) is 9.69 Å². The van der Waals surface area contributed by atoms with Crippen molar-refractivity contribution in [2.45, 2.75) is 38.6 Å². The number of para-hydroxylation sites is 2. The van der Waals surface area contributed by atoms with Crippen LogP contribution in [0.25, 0.3) is 16.9 Å². The van der Waals surface area contributed by atoms with Crippen LogP contribution in [0.15, 0.2) is 60.8 Å². The predicted molar refractivity (Wildman–Crippen MR) is 127 cm³/mol. The molecular weight excluding hydrogens is 400 g/mol. The molecule has 168 valence electrons. The molecule has 6 nitrogen and oxygen atoms in total. The number of nitrogens with one attached hydrogen (secondary N) is 1. The molecule has 1 aliphatic rings. The van der Waals surface area contributed by atoms with E-state index >= 15 is 0 Å². The Bertz CT molecular complexity index is 1050. The minimum Gasteiger partial charge on any atom is -0.496 e. The number of aromatic nitrogens is 2. The molecule has 0 unspecified atom stereocenters. The SMILES string of the molecule is COc1ccccc1-c1nn(-c2ccccc2)cc1C(=O)NCC(C)(C)N1CCCCC1. The maximum atomic E-state index is 13.4. The van der Waals surface area contributed by atoms with Gasteiger partial charge >= 0.3 is 0 Å². The van der Waals surface area contributed by atoms with Crippen LogP contribution in [0, 0.1) is 0 Å². The van der Waals surface area contributed by atoms with Crippen LogP contribution < -0.4 is 10.1 Å². The summed E-state index contributed by atoms with van der Waals surface area (Å²) in [6, 6.07) is 17.5. The quantitative estimate of drug-likeness (QED) is 0.595. The Hall–Kier alpha value is -3.12. The number of piperidine rings is 1. The minimum absolute atomic E-state index is 0.101. The highest BCUT2D eigenvalue weighted by Crippen LogP contribution is 2.32. The van der Waals surface area contributed by atoms with Gasteiger partial charge in [-0.05, 0) is 64.0 Å². The lowest BCUT2D eigenvalue weighted by Gasteiger charge is -2.41. The minimum atomic E-state index is -0.127. The van der Waals surface area contributed by atoms with Crippen LogP contribution in [0.2, 0.25) is 0 Å². The smallest absolute Gasteiger partial charge is 0.255 e. The Labute approximate surface area is 190 Å². The summed E-state index contributed by atoms with van der Waals surface area (Å²) in [7, 11) is 1.63. The van der Waals surface area contributed by atoms with E-state index in [0.29, 0.717) is 23.6 Å². The topological polar surface area (TPSA) is 59.4 Å². The molecule has 4 rings (SSSR count). The van der Waals surface area contributed by atoms with Crippen LogP contribution >= 0.6 is 0 Å². The molecular formula is C26H32N4O2. The van der Waals surface area contributed by atoms with E-state index < -0.39 is 0 Å². The molecule has 0 atom stereocenters. The Morgan fingerprint density at radius 3 is 2.44 bits per heavy atom. The van der Waals surface area contributed by atoms with Crippen molar-refractivity contribution in [2.24, 2.45) is 0 Å². The fraction of sp³-hybridized carbons (Fsp3) is 0.385. The van der Waals surface area contributed by atoms with Gasteiger partial charge in [-0.25, -0.2) is 4.68 Å². The maximum absolute atomic E-state index is 13.4. The number of likely N-dealkylation sites (tertiary alicyclic amines) is 1. The van der Waals surface area contributed by atoms with Crippen LogP contribution in [-0.4, -0.2) is 52.9 Å². The third kappa shape index (κ3) is 4.70. The molecule has 0 radical (unpaired) electrons. The van der Waals surface area contributed by atoms with Crippen molar-refractivity contribution in [1.29, 1.82) is 0 Å². The van der Waals surface area contributed by atoms with Gasteiger partial charge in [0.25, 0.3) is 5.91 Å². The standard InChI is InChI=1S/C26H32N4O2/c1-26(2,29-16-10-5-11-17-29)19-27-25(31)22-18-30(20-12-6-4-7-13-20)28-24(22)21-14-8-9-15-23(21)32-3/h4,6-9,12-15,18H,5,10-11,16-17,19H2,1-3H3,(H,27,31). The van der Waals surface area contributed by atoms with Gasteiger partial charge in [0, 0.05) is 23.8 Å². The Balaban J connectivity index is 1.64. The van der Waals surface area contributed by atoms with Crippen molar-refractivity contribution in [1.82, 2.24) is 20.0 Å². The maximum Gasteiger partial charge on any atom is 0.255 e. The number of benzene rings is 2. The van der Waals surface area contributed by atoms with Gasteiger partial charge in [-0.15, -0.1) is 0 Å². The fourth-order valence-electron chi connectivity index (χ4n) is 4.30. The molecule has 1 aromatic heterocycles. The van der Waals surface area contributed by atoms with Crippen LogP contribution in [0.4, 0.5) is 0 Å². The number of amides is 1. The zero-order valence-corrected chi connectivity index (χ0v) is 19.2. The highest BCUT2D eigenvalue weighted by atomic mass is 16.5. The number of hydrogen-bond acceptors (Lipinski definition) is 4. The first-order valence-corrected chi connectivity index (χ1v) is 11.3. The van der Waals surface area contributed by atoms with Crippen molar-refractivity contribution < 1.29 is 9.53 Å². The molecule has 6 heteroatoms. The summed E-state index contributed by atoms with van der Waals surface area (Å²) >= 11 is 0. The largest absolute Gasteiger partial charge is 0.496 e. The summed E-state index contributed by atoms with van der Waals surface area (Å²) in [5, 5.41) is 7.95. The van der Waals surface area contributed by atoms with Crippen molar-refractivity contribution in [3.05, 3.63) is 66.4 Å². The number of carbonyl (C=O) groups is 1. The second-order valence-electron chi connectivity index (χ2n) is 8.91. The lowest BCUT2D eigenvalue weighted by molar-refractivity contribution is 0.0798. The zero-order valence-electron chi connectivity index (χ0n) is 19.2. The number of nitrogens with zero attached hydrogens (tertiary/aromatic N) is 3. The van der Waals surface area contributed by atoms with E-state index in [4.69, 9.17) is 9.84 Å². The van der Waals surface area contributed by atoms with Crippen molar-refractivity contribution >= 4 is 5.91 Å². The molecule has 1 saturated heterocycles. The van der Waals surface area contributed by atoms with E-state index in [0.717, 1.165) is 24.3 Å². The van der Waals surface area contributed by atoms with Crippen molar-refractivity contribution in [2.75, 3.05) is 26.7 Å². The average Bonchev–Trinajstić information content (AvgIpc) is 3.29. The molecule has 32 heavy (non-hydrogen) atoms. The highest BCUT2D eigenvalue weighted by molar-refractivity contribution is 6.00. The fourth-order valence-corrected chi connectivity index (χ4v) is 4.30. The summed E-state index contributed by atoms with van der Waals surface area (Å²) in [4.78, 5) is 15.9. The molecule has 3 aromatic rings. The van der Waals surface area contributed by atoms with E-state index in [-0.39, 0.29) is 11.4 Å². The number of methoxy groups -OCH3 is 1. The molecule has 0 saturated carbocycles. The number of carbonyl (C=O) groups excluding carboxylic acids is 1. The average molecular weight is 433 g/mol. The molecule has 0 spiro atoms. The summed E-state index contributed by atoms with van der Waals surface area (Å²) < 4.78 is 7.31. The Morgan fingerprint density at radius 2 is 1.72 bits per heavy atom. The second kappa shape index (κ2) is 9.57. The van der Waals surface area contributed by atoms with E-state index in [1.54, 1.807) is 18.0 Å².